The van der Waals surface area contributed by atoms with E-state index in [-0.39, 0.29) is 0 Å². The van der Waals surface area contributed by atoms with Crippen LogP contribution in [-0.2, 0) is 6.61 Å². The molecule has 132 valence electrons. The van der Waals surface area contributed by atoms with Crippen molar-refractivity contribution in [2.24, 2.45) is 5.10 Å². The molecule has 0 aliphatic carbocycles. The molecule has 3 rings (SSSR count). The number of hydrazone groups is 1. The zero-order valence-corrected chi connectivity index (χ0v) is 14.6. The molecule has 0 radical (unpaired) electrons. The van der Waals surface area contributed by atoms with Crippen molar-refractivity contribution in [1.82, 2.24) is 15.2 Å². The van der Waals surface area contributed by atoms with E-state index in [1.807, 2.05) is 36.4 Å². The predicted molar refractivity (Wildman–Crippen MR) is 101 cm³/mol. The van der Waals surface area contributed by atoms with Gasteiger partial charge >= 0.3 is 5.69 Å². The summed E-state index contributed by atoms with van der Waals surface area (Å²) in [7, 11) is 0. The van der Waals surface area contributed by atoms with Crippen LogP contribution in [0.4, 0.5) is 5.82 Å². The third-order valence-electron chi connectivity index (χ3n) is 3.61. The standard InChI is InChI=1S/C19H19N5O2/c1-13-5-3-7-16(9-13)12-26-17-8-4-6-15(10-17)11-20-23-18-14(2)22-24-19(25)21-18/h3-11H,12H2,1-2H3,(H2,21,23,24,25)/b20-11+. The molecule has 0 fully saturated rings. The van der Waals surface area contributed by atoms with Crippen LogP contribution >= 0.6 is 0 Å². The van der Waals surface area contributed by atoms with Crippen LogP contribution in [0.5, 0.6) is 5.75 Å². The van der Waals surface area contributed by atoms with Crippen molar-refractivity contribution in [3.63, 3.8) is 0 Å². The quantitative estimate of drug-likeness (QED) is 0.527. The number of hydrogen-bond acceptors (Lipinski definition) is 6. The van der Waals surface area contributed by atoms with Crippen molar-refractivity contribution in [3.05, 3.63) is 81.4 Å². The van der Waals surface area contributed by atoms with Gasteiger partial charge in [0.1, 0.15) is 18.1 Å². The molecule has 2 N–H and O–H groups in total. The van der Waals surface area contributed by atoms with Crippen LogP contribution < -0.4 is 15.9 Å². The lowest BCUT2D eigenvalue weighted by Gasteiger charge is -2.07. The third-order valence-corrected chi connectivity index (χ3v) is 3.61. The number of nitrogens with zero attached hydrogens (tertiary/aromatic N) is 3. The lowest BCUT2D eigenvalue weighted by Crippen LogP contribution is -2.15. The maximum absolute atomic E-state index is 11.2. The normalized spacial score (nSPS) is 10.8. The molecule has 1 aromatic heterocycles. The van der Waals surface area contributed by atoms with Crippen molar-refractivity contribution in [1.29, 1.82) is 0 Å². The monoisotopic (exact) mass is 349 g/mol. The molecule has 7 nitrogen and oxygen atoms in total. The number of aromatic amines is 1. The number of hydrogen-bond donors (Lipinski definition) is 2. The van der Waals surface area contributed by atoms with E-state index in [2.05, 4.69) is 44.8 Å². The summed E-state index contributed by atoms with van der Waals surface area (Å²) in [6.07, 6.45) is 1.63. The van der Waals surface area contributed by atoms with E-state index in [0.717, 1.165) is 16.9 Å². The Kier molecular flexibility index (Phi) is 5.38. The van der Waals surface area contributed by atoms with Gasteiger partial charge in [0.2, 0.25) is 0 Å². The average Bonchev–Trinajstić information content (AvgIpc) is 2.63. The maximum atomic E-state index is 11.2. The van der Waals surface area contributed by atoms with E-state index in [9.17, 15) is 4.79 Å². The van der Waals surface area contributed by atoms with Gasteiger partial charge in [-0.2, -0.15) is 15.2 Å². The van der Waals surface area contributed by atoms with E-state index < -0.39 is 5.69 Å². The van der Waals surface area contributed by atoms with Crippen molar-refractivity contribution >= 4 is 12.0 Å². The van der Waals surface area contributed by atoms with Gasteiger partial charge < -0.3 is 4.74 Å². The minimum absolute atomic E-state index is 0.317. The summed E-state index contributed by atoms with van der Waals surface area (Å²) in [6, 6.07) is 15.8. The molecule has 0 bridgehead atoms. The van der Waals surface area contributed by atoms with Gasteiger partial charge in [-0.3, -0.25) is 5.43 Å². The van der Waals surface area contributed by atoms with Gasteiger partial charge in [0.15, 0.2) is 5.82 Å². The van der Waals surface area contributed by atoms with Crippen LogP contribution in [0.25, 0.3) is 0 Å². The molecule has 0 spiro atoms. The summed E-state index contributed by atoms with van der Waals surface area (Å²) in [5.41, 5.74) is 5.93. The fraction of sp³-hybridized carbons (Fsp3) is 0.158. The SMILES string of the molecule is Cc1cccc(COc2cccc(/C=N/Nc3nc(=O)[nH]nc3C)c2)c1. The lowest BCUT2D eigenvalue weighted by molar-refractivity contribution is 0.306. The summed E-state index contributed by atoms with van der Waals surface area (Å²) in [6.45, 7) is 4.28. The first-order chi connectivity index (χ1) is 12.6. The smallest absolute Gasteiger partial charge is 0.363 e. The average molecular weight is 349 g/mol. The number of benzene rings is 2. The highest BCUT2D eigenvalue weighted by atomic mass is 16.5. The van der Waals surface area contributed by atoms with Gasteiger partial charge in [0, 0.05) is 0 Å². The van der Waals surface area contributed by atoms with Crippen LogP contribution in [0.1, 0.15) is 22.4 Å². The summed E-state index contributed by atoms with van der Waals surface area (Å²) >= 11 is 0. The Bertz CT molecular complexity index is 981. The molecule has 7 heteroatoms. The largest absolute Gasteiger partial charge is 0.489 e. The Morgan fingerprint density at radius 3 is 2.88 bits per heavy atom. The third kappa shape index (κ3) is 4.76. The molecule has 0 saturated carbocycles. The van der Waals surface area contributed by atoms with Crippen LogP contribution in [-0.4, -0.2) is 21.4 Å². The molecule has 0 aliphatic heterocycles. The zero-order valence-electron chi connectivity index (χ0n) is 14.6. The molecule has 2 aromatic carbocycles. The van der Waals surface area contributed by atoms with Crippen molar-refractivity contribution < 1.29 is 4.74 Å². The number of aryl methyl sites for hydroxylation is 2. The zero-order chi connectivity index (χ0) is 18.4. The fourth-order valence-corrected chi connectivity index (χ4v) is 2.32. The Morgan fingerprint density at radius 2 is 2.04 bits per heavy atom. The highest BCUT2D eigenvalue weighted by molar-refractivity contribution is 5.80. The number of aromatic nitrogens is 3. The number of anilines is 1. The molecule has 0 saturated heterocycles. The lowest BCUT2D eigenvalue weighted by atomic mass is 10.1. The minimum atomic E-state index is -0.528. The first kappa shape index (κ1) is 17.3. The molecule has 26 heavy (non-hydrogen) atoms. The number of ether oxygens (including phenoxy) is 1. The van der Waals surface area contributed by atoms with E-state index in [0.29, 0.717) is 18.1 Å². The van der Waals surface area contributed by atoms with E-state index >= 15 is 0 Å². The highest BCUT2D eigenvalue weighted by Crippen LogP contribution is 2.15. The Balaban J connectivity index is 1.63. The maximum Gasteiger partial charge on any atom is 0.363 e. The second-order valence-electron chi connectivity index (χ2n) is 5.79. The summed E-state index contributed by atoms with van der Waals surface area (Å²) < 4.78 is 5.84. The van der Waals surface area contributed by atoms with Crippen LogP contribution in [0.3, 0.4) is 0 Å². The van der Waals surface area contributed by atoms with E-state index in [1.165, 1.54) is 5.56 Å². The van der Waals surface area contributed by atoms with Gasteiger partial charge in [0.25, 0.3) is 0 Å². The number of nitrogens with one attached hydrogen (secondary N) is 2. The van der Waals surface area contributed by atoms with Gasteiger partial charge in [-0.1, -0.05) is 42.0 Å². The Hall–Kier alpha value is -3.48. The Labute approximate surface area is 150 Å². The molecule has 0 amide bonds. The Morgan fingerprint density at radius 1 is 1.19 bits per heavy atom. The molecule has 0 unspecified atom stereocenters. The summed E-state index contributed by atoms with van der Waals surface area (Å²) in [5, 5.41) is 10.2. The van der Waals surface area contributed by atoms with Gasteiger partial charge in [0.05, 0.1) is 6.21 Å². The van der Waals surface area contributed by atoms with Gasteiger partial charge in [-0.25, -0.2) is 9.89 Å². The molecule has 1 heterocycles. The summed E-state index contributed by atoms with van der Waals surface area (Å²) in [5.74, 6) is 1.07. The van der Waals surface area contributed by atoms with E-state index in [4.69, 9.17) is 4.74 Å². The second kappa shape index (κ2) is 8.06. The van der Waals surface area contributed by atoms with Crippen LogP contribution in [0.15, 0.2) is 58.4 Å². The van der Waals surface area contributed by atoms with Gasteiger partial charge in [-0.05, 0) is 37.1 Å². The molecule has 0 atom stereocenters. The number of H-pyrrole nitrogens is 1. The molecule has 3 aromatic rings. The van der Waals surface area contributed by atoms with Crippen LogP contribution in [0, 0.1) is 13.8 Å². The van der Waals surface area contributed by atoms with Crippen molar-refractivity contribution in [2.75, 3.05) is 5.43 Å². The van der Waals surface area contributed by atoms with Crippen LogP contribution in [0.2, 0.25) is 0 Å². The summed E-state index contributed by atoms with van der Waals surface area (Å²) in [4.78, 5) is 15.0. The number of rotatable bonds is 6. The highest BCUT2D eigenvalue weighted by Gasteiger charge is 2.01. The second-order valence-corrected chi connectivity index (χ2v) is 5.79. The molecule has 0 aliphatic rings. The fourth-order valence-electron chi connectivity index (χ4n) is 2.32. The van der Waals surface area contributed by atoms with E-state index in [1.54, 1.807) is 13.1 Å². The van der Waals surface area contributed by atoms with Crippen molar-refractivity contribution in [2.45, 2.75) is 20.5 Å². The molecular weight excluding hydrogens is 330 g/mol. The predicted octanol–water partition coefficient (Wildman–Crippen LogP) is 2.81. The minimum Gasteiger partial charge on any atom is -0.489 e. The topological polar surface area (TPSA) is 92.3 Å². The molecular formula is C19H19N5O2. The first-order valence-electron chi connectivity index (χ1n) is 8.11. The van der Waals surface area contributed by atoms with Gasteiger partial charge in [-0.15, -0.1) is 0 Å². The first-order valence-corrected chi connectivity index (χ1v) is 8.11. The van der Waals surface area contributed by atoms with Crippen molar-refractivity contribution in [3.8, 4) is 5.75 Å².